The number of primary amides is 1. The van der Waals surface area contributed by atoms with E-state index >= 15 is 0 Å². The highest BCUT2D eigenvalue weighted by Gasteiger charge is 2.16. The van der Waals surface area contributed by atoms with E-state index < -0.39 is 11.7 Å². The topological polar surface area (TPSA) is 139 Å². The SMILES string of the molecule is NC(=O)c1cnc(On2nnc3ccccc32)nc1Nc1ccc(-n2cccn2)cc1F. The lowest BCUT2D eigenvalue weighted by Crippen LogP contribution is -2.17. The average molecular weight is 431 g/mol. The molecule has 5 aromatic rings. The van der Waals surface area contributed by atoms with E-state index in [4.69, 9.17) is 10.6 Å². The second-order valence-electron chi connectivity index (χ2n) is 6.56. The largest absolute Gasteiger partial charge is 0.365 e. The van der Waals surface area contributed by atoms with Crippen molar-refractivity contribution in [2.24, 2.45) is 5.73 Å². The molecular formula is C20H14FN9O2. The van der Waals surface area contributed by atoms with Crippen LogP contribution in [0.4, 0.5) is 15.9 Å². The molecule has 0 aliphatic rings. The number of amides is 1. The highest BCUT2D eigenvalue weighted by molar-refractivity contribution is 5.98. The summed E-state index contributed by atoms with van der Waals surface area (Å²) in [6.07, 6.45) is 4.46. The third-order valence-electron chi connectivity index (χ3n) is 4.50. The number of anilines is 2. The van der Waals surface area contributed by atoms with Crippen LogP contribution in [-0.2, 0) is 0 Å². The summed E-state index contributed by atoms with van der Waals surface area (Å²) in [4.78, 5) is 26.7. The molecule has 12 heteroatoms. The standard InChI is InChI=1S/C20H14FN9O2/c21-14-10-12(29-9-3-8-24-29)6-7-15(14)25-19-13(18(22)31)11-23-20(26-19)32-30-17-5-2-1-4-16(17)27-28-30/h1-11H,(H2,22,31)(H,23,25,26). The molecule has 0 radical (unpaired) electrons. The molecule has 0 aliphatic carbocycles. The van der Waals surface area contributed by atoms with Gasteiger partial charge in [0, 0.05) is 24.7 Å². The van der Waals surface area contributed by atoms with Gasteiger partial charge in [0.1, 0.15) is 22.4 Å². The fourth-order valence-corrected chi connectivity index (χ4v) is 2.97. The number of nitrogens with two attached hydrogens (primary N) is 1. The van der Waals surface area contributed by atoms with Gasteiger partial charge in [0.2, 0.25) is 0 Å². The van der Waals surface area contributed by atoms with E-state index in [1.807, 2.05) is 6.07 Å². The highest BCUT2D eigenvalue weighted by atomic mass is 19.1. The summed E-state index contributed by atoms with van der Waals surface area (Å²) in [6.45, 7) is 0. The number of benzene rings is 2. The van der Waals surface area contributed by atoms with Gasteiger partial charge in [-0.1, -0.05) is 17.0 Å². The second-order valence-corrected chi connectivity index (χ2v) is 6.56. The molecule has 0 unspecified atom stereocenters. The van der Waals surface area contributed by atoms with Crippen LogP contribution in [-0.4, -0.2) is 40.8 Å². The van der Waals surface area contributed by atoms with E-state index in [2.05, 4.69) is 30.7 Å². The lowest BCUT2D eigenvalue weighted by Gasteiger charge is -2.12. The monoisotopic (exact) mass is 431 g/mol. The summed E-state index contributed by atoms with van der Waals surface area (Å²) in [5.74, 6) is -1.41. The number of rotatable bonds is 6. The molecule has 0 atom stereocenters. The Labute approximate surface area is 179 Å². The van der Waals surface area contributed by atoms with Crippen molar-refractivity contribution >= 4 is 28.4 Å². The van der Waals surface area contributed by atoms with Crippen LogP contribution in [0.3, 0.4) is 0 Å². The molecule has 1 amide bonds. The Morgan fingerprint density at radius 2 is 2.03 bits per heavy atom. The van der Waals surface area contributed by atoms with Gasteiger partial charge >= 0.3 is 6.01 Å². The predicted molar refractivity (Wildman–Crippen MR) is 111 cm³/mol. The third kappa shape index (κ3) is 3.56. The van der Waals surface area contributed by atoms with Crippen molar-refractivity contribution in [3.63, 3.8) is 0 Å². The summed E-state index contributed by atoms with van der Waals surface area (Å²) in [5.41, 5.74) is 7.17. The number of nitrogens with one attached hydrogen (secondary N) is 1. The van der Waals surface area contributed by atoms with E-state index in [1.165, 1.54) is 23.0 Å². The molecule has 3 aromatic heterocycles. The van der Waals surface area contributed by atoms with E-state index in [0.29, 0.717) is 16.7 Å². The van der Waals surface area contributed by atoms with Crippen molar-refractivity contribution < 1.29 is 14.0 Å². The first-order valence-corrected chi connectivity index (χ1v) is 9.31. The summed E-state index contributed by atoms with van der Waals surface area (Å²) >= 11 is 0. The van der Waals surface area contributed by atoms with Gasteiger partial charge in [-0.3, -0.25) is 4.79 Å². The lowest BCUT2D eigenvalue weighted by atomic mass is 10.2. The smallest absolute Gasteiger partial charge is 0.347 e. The number of para-hydroxylation sites is 1. The van der Waals surface area contributed by atoms with Crippen LogP contribution in [0, 0.1) is 5.82 Å². The maximum absolute atomic E-state index is 14.7. The summed E-state index contributed by atoms with van der Waals surface area (Å²) in [6, 6.07) is 13.1. The number of carbonyl (C=O) groups excluding carboxylic acids is 1. The summed E-state index contributed by atoms with van der Waals surface area (Å²) in [5, 5.41) is 14.7. The molecular weight excluding hydrogens is 417 g/mol. The number of fused-ring (bicyclic) bond motifs is 1. The quantitative estimate of drug-likeness (QED) is 0.417. The van der Waals surface area contributed by atoms with Crippen molar-refractivity contribution in [1.29, 1.82) is 0 Å². The maximum Gasteiger partial charge on any atom is 0.347 e. The number of carbonyl (C=O) groups is 1. The number of nitrogens with zero attached hydrogens (tertiary/aromatic N) is 7. The van der Waals surface area contributed by atoms with Crippen LogP contribution in [0.15, 0.2) is 67.1 Å². The minimum absolute atomic E-state index is 0.0299. The fraction of sp³-hybridized carbons (Fsp3) is 0. The molecule has 0 saturated heterocycles. The van der Waals surface area contributed by atoms with Crippen molar-refractivity contribution in [2.75, 3.05) is 5.32 Å². The molecule has 0 spiro atoms. The Hall–Kier alpha value is -4.87. The van der Waals surface area contributed by atoms with E-state index in [9.17, 15) is 9.18 Å². The van der Waals surface area contributed by atoms with Crippen LogP contribution in [0.25, 0.3) is 16.7 Å². The summed E-state index contributed by atoms with van der Waals surface area (Å²) in [7, 11) is 0. The lowest BCUT2D eigenvalue weighted by molar-refractivity contribution is 0.1000. The Kier molecular flexibility index (Phi) is 4.63. The molecule has 0 saturated carbocycles. The van der Waals surface area contributed by atoms with Gasteiger partial charge in [-0.25, -0.2) is 14.1 Å². The molecule has 0 aliphatic heterocycles. The number of hydrogen-bond donors (Lipinski definition) is 2. The zero-order chi connectivity index (χ0) is 22.1. The molecule has 3 N–H and O–H groups in total. The molecule has 0 fully saturated rings. The predicted octanol–water partition coefficient (Wildman–Crippen LogP) is 2.23. The van der Waals surface area contributed by atoms with Crippen molar-refractivity contribution in [2.45, 2.75) is 0 Å². The summed E-state index contributed by atoms with van der Waals surface area (Å²) < 4.78 is 16.2. The number of halogens is 1. The minimum Gasteiger partial charge on any atom is -0.365 e. The molecule has 3 heterocycles. The number of hydrogen-bond acceptors (Lipinski definition) is 8. The molecule has 11 nitrogen and oxygen atoms in total. The Bertz CT molecular complexity index is 1430. The zero-order valence-corrected chi connectivity index (χ0v) is 16.3. The Morgan fingerprint density at radius 1 is 1.16 bits per heavy atom. The van der Waals surface area contributed by atoms with Gasteiger partial charge < -0.3 is 15.9 Å². The molecule has 5 rings (SSSR count). The molecule has 0 bridgehead atoms. The van der Waals surface area contributed by atoms with Crippen molar-refractivity contribution in [3.8, 4) is 11.7 Å². The van der Waals surface area contributed by atoms with Gasteiger partial charge in [-0.15, -0.1) is 5.10 Å². The van der Waals surface area contributed by atoms with Gasteiger partial charge in [0.05, 0.1) is 11.4 Å². The first-order valence-electron chi connectivity index (χ1n) is 9.31. The van der Waals surface area contributed by atoms with Gasteiger partial charge in [-0.2, -0.15) is 10.1 Å². The van der Waals surface area contributed by atoms with E-state index in [0.717, 1.165) is 4.85 Å². The van der Waals surface area contributed by atoms with Crippen LogP contribution in [0.1, 0.15) is 10.4 Å². The van der Waals surface area contributed by atoms with Crippen LogP contribution >= 0.6 is 0 Å². The van der Waals surface area contributed by atoms with Gasteiger partial charge in [-0.05, 0) is 35.5 Å². The van der Waals surface area contributed by atoms with Crippen molar-refractivity contribution in [3.05, 3.63) is 78.5 Å². The van der Waals surface area contributed by atoms with Gasteiger partial charge in [0.15, 0.2) is 5.82 Å². The van der Waals surface area contributed by atoms with E-state index in [-0.39, 0.29) is 23.1 Å². The fourth-order valence-electron chi connectivity index (χ4n) is 2.97. The third-order valence-corrected chi connectivity index (χ3v) is 4.50. The Morgan fingerprint density at radius 3 is 2.81 bits per heavy atom. The average Bonchev–Trinajstić information content (AvgIpc) is 3.46. The van der Waals surface area contributed by atoms with Crippen LogP contribution < -0.4 is 15.9 Å². The van der Waals surface area contributed by atoms with Crippen LogP contribution in [0.5, 0.6) is 6.01 Å². The molecule has 32 heavy (non-hydrogen) atoms. The second kappa shape index (κ2) is 7.75. The molecule has 158 valence electrons. The highest BCUT2D eigenvalue weighted by Crippen LogP contribution is 2.24. The van der Waals surface area contributed by atoms with E-state index in [1.54, 1.807) is 42.7 Å². The maximum atomic E-state index is 14.7. The molecule has 2 aromatic carbocycles. The zero-order valence-electron chi connectivity index (χ0n) is 16.3. The first-order chi connectivity index (χ1) is 15.6. The van der Waals surface area contributed by atoms with Crippen LogP contribution in [0.2, 0.25) is 0 Å². The number of aromatic nitrogens is 7. The van der Waals surface area contributed by atoms with Gasteiger partial charge in [0.25, 0.3) is 5.91 Å². The normalized spacial score (nSPS) is 10.9. The first kappa shape index (κ1) is 19.1. The minimum atomic E-state index is -0.793. The Balaban J connectivity index is 1.47. The van der Waals surface area contributed by atoms with Crippen molar-refractivity contribution in [1.82, 2.24) is 34.9 Å².